The standard InChI is InChI=1S/C21H23F2N3O2/c1-13-8-9-18(14(2)12-13)28-11-10-19(27)24-15(3)20-25-16-6-4-5-7-17(16)26(20)21(22)23/h4-9,12,15,21H,10-11H2,1-3H3,(H,24,27)/t15-/m0/s1. The largest absolute Gasteiger partial charge is 0.493 e. The predicted molar refractivity (Wildman–Crippen MR) is 104 cm³/mol. The molecule has 7 heteroatoms. The van der Waals surface area contributed by atoms with Crippen molar-refractivity contribution in [1.29, 1.82) is 0 Å². The topological polar surface area (TPSA) is 56.1 Å². The molecule has 0 saturated heterocycles. The highest BCUT2D eigenvalue weighted by molar-refractivity contribution is 5.78. The van der Waals surface area contributed by atoms with E-state index in [-0.39, 0.29) is 24.8 Å². The fraction of sp³-hybridized carbons (Fsp3) is 0.333. The van der Waals surface area contributed by atoms with Gasteiger partial charge in [0.05, 0.1) is 30.1 Å². The maximum atomic E-state index is 13.5. The highest BCUT2D eigenvalue weighted by Gasteiger charge is 2.22. The van der Waals surface area contributed by atoms with Gasteiger partial charge in [-0.25, -0.2) is 4.98 Å². The molecule has 0 spiro atoms. The van der Waals surface area contributed by atoms with E-state index < -0.39 is 12.6 Å². The molecule has 1 atom stereocenters. The Hall–Kier alpha value is -2.96. The first kappa shape index (κ1) is 19.8. The molecular weight excluding hydrogens is 364 g/mol. The molecule has 1 aromatic heterocycles. The maximum Gasteiger partial charge on any atom is 0.320 e. The van der Waals surface area contributed by atoms with Crippen LogP contribution in [0.4, 0.5) is 8.78 Å². The lowest BCUT2D eigenvalue weighted by Crippen LogP contribution is -2.29. The number of alkyl halides is 2. The van der Waals surface area contributed by atoms with Crippen LogP contribution in [-0.4, -0.2) is 22.1 Å². The molecule has 1 amide bonds. The Balaban J connectivity index is 1.63. The number of nitrogens with zero attached hydrogens (tertiary/aromatic N) is 2. The van der Waals surface area contributed by atoms with E-state index in [9.17, 15) is 13.6 Å². The smallest absolute Gasteiger partial charge is 0.320 e. The lowest BCUT2D eigenvalue weighted by molar-refractivity contribution is -0.122. The number of rotatable bonds is 7. The lowest BCUT2D eigenvalue weighted by Gasteiger charge is -2.16. The van der Waals surface area contributed by atoms with Crippen molar-refractivity contribution in [2.75, 3.05) is 6.61 Å². The summed E-state index contributed by atoms with van der Waals surface area (Å²) in [5.41, 5.74) is 2.95. The molecule has 0 aliphatic carbocycles. The average molecular weight is 387 g/mol. The number of benzene rings is 2. The third-order valence-electron chi connectivity index (χ3n) is 4.50. The summed E-state index contributed by atoms with van der Waals surface area (Å²) in [5.74, 6) is 0.566. The molecule has 3 aromatic rings. The first-order chi connectivity index (χ1) is 13.4. The Morgan fingerprint density at radius 1 is 1.21 bits per heavy atom. The summed E-state index contributed by atoms with van der Waals surface area (Å²) >= 11 is 0. The molecular formula is C21H23F2N3O2. The Labute approximate surface area is 162 Å². The SMILES string of the molecule is Cc1ccc(OCCC(=O)N[C@@H](C)c2nc3ccccc3n2C(F)F)c(C)c1. The summed E-state index contributed by atoms with van der Waals surface area (Å²) in [5, 5.41) is 2.73. The second kappa shape index (κ2) is 8.37. The van der Waals surface area contributed by atoms with Gasteiger partial charge in [-0.2, -0.15) is 8.78 Å². The normalized spacial score (nSPS) is 12.4. The molecule has 148 valence electrons. The zero-order valence-corrected chi connectivity index (χ0v) is 16.1. The molecule has 0 fully saturated rings. The van der Waals surface area contributed by atoms with Crippen molar-refractivity contribution in [1.82, 2.24) is 14.9 Å². The van der Waals surface area contributed by atoms with Crippen molar-refractivity contribution in [2.45, 2.75) is 39.8 Å². The second-order valence-electron chi connectivity index (χ2n) is 6.76. The van der Waals surface area contributed by atoms with Crippen LogP contribution in [0.15, 0.2) is 42.5 Å². The number of para-hydroxylation sites is 2. The number of hydrogen-bond acceptors (Lipinski definition) is 3. The number of aryl methyl sites for hydroxylation is 2. The predicted octanol–water partition coefficient (Wildman–Crippen LogP) is 4.69. The lowest BCUT2D eigenvalue weighted by atomic mass is 10.1. The fourth-order valence-electron chi connectivity index (χ4n) is 3.17. The molecule has 1 N–H and O–H groups in total. The minimum Gasteiger partial charge on any atom is -0.493 e. The molecule has 0 unspecified atom stereocenters. The van der Waals surface area contributed by atoms with E-state index in [1.807, 2.05) is 32.0 Å². The van der Waals surface area contributed by atoms with E-state index in [1.54, 1.807) is 31.2 Å². The fourth-order valence-corrected chi connectivity index (χ4v) is 3.17. The number of nitrogens with one attached hydrogen (secondary N) is 1. The number of fused-ring (bicyclic) bond motifs is 1. The van der Waals surface area contributed by atoms with Crippen molar-refractivity contribution in [3.8, 4) is 5.75 Å². The highest BCUT2D eigenvalue weighted by atomic mass is 19.3. The molecule has 28 heavy (non-hydrogen) atoms. The van der Waals surface area contributed by atoms with Gasteiger partial charge in [-0.1, -0.05) is 29.8 Å². The van der Waals surface area contributed by atoms with Crippen molar-refractivity contribution >= 4 is 16.9 Å². The molecule has 0 radical (unpaired) electrons. The van der Waals surface area contributed by atoms with E-state index in [2.05, 4.69) is 10.3 Å². The molecule has 0 saturated carbocycles. The van der Waals surface area contributed by atoms with Gasteiger partial charge < -0.3 is 10.1 Å². The van der Waals surface area contributed by atoms with Crippen LogP contribution < -0.4 is 10.1 Å². The zero-order valence-electron chi connectivity index (χ0n) is 16.1. The number of carbonyl (C=O) groups is 1. The highest BCUT2D eigenvalue weighted by Crippen LogP contribution is 2.26. The Morgan fingerprint density at radius 2 is 1.96 bits per heavy atom. The number of aromatic nitrogens is 2. The molecule has 2 aromatic carbocycles. The van der Waals surface area contributed by atoms with Crippen LogP contribution in [-0.2, 0) is 4.79 Å². The van der Waals surface area contributed by atoms with Gasteiger partial charge in [-0.05, 0) is 44.5 Å². The summed E-state index contributed by atoms with van der Waals surface area (Å²) in [7, 11) is 0. The summed E-state index contributed by atoms with van der Waals surface area (Å²) < 4.78 is 33.6. The third kappa shape index (κ3) is 4.30. The first-order valence-corrected chi connectivity index (χ1v) is 9.11. The number of imidazole rings is 1. The summed E-state index contributed by atoms with van der Waals surface area (Å²) in [6.45, 7) is 3.04. The quantitative estimate of drug-likeness (QED) is 0.640. The van der Waals surface area contributed by atoms with E-state index >= 15 is 0 Å². The maximum absolute atomic E-state index is 13.5. The van der Waals surface area contributed by atoms with Crippen LogP contribution in [0.2, 0.25) is 0 Å². The second-order valence-corrected chi connectivity index (χ2v) is 6.76. The first-order valence-electron chi connectivity index (χ1n) is 9.11. The van der Waals surface area contributed by atoms with Gasteiger partial charge >= 0.3 is 6.55 Å². The minimum atomic E-state index is -2.74. The molecule has 3 rings (SSSR count). The molecule has 0 aliphatic rings. The van der Waals surface area contributed by atoms with E-state index in [0.29, 0.717) is 11.0 Å². The number of amides is 1. The number of hydrogen-bond donors (Lipinski definition) is 1. The van der Waals surface area contributed by atoms with Crippen molar-refractivity contribution in [3.05, 3.63) is 59.4 Å². The minimum absolute atomic E-state index is 0.118. The van der Waals surface area contributed by atoms with Crippen LogP contribution in [0.5, 0.6) is 5.75 Å². The third-order valence-corrected chi connectivity index (χ3v) is 4.50. The molecule has 0 bridgehead atoms. The van der Waals surface area contributed by atoms with Gasteiger partial charge in [0.1, 0.15) is 11.6 Å². The van der Waals surface area contributed by atoms with Crippen LogP contribution >= 0.6 is 0 Å². The number of halogens is 2. The summed E-state index contributed by atoms with van der Waals surface area (Å²) in [4.78, 5) is 16.5. The van der Waals surface area contributed by atoms with Gasteiger partial charge in [-0.3, -0.25) is 9.36 Å². The van der Waals surface area contributed by atoms with Crippen molar-refractivity contribution < 1.29 is 18.3 Å². The van der Waals surface area contributed by atoms with E-state index in [0.717, 1.165) is 21.4 Å². The van der Waals surface area contributed by atoms with Crippen LogP contribution in [0.3, 0.4) is 0 Å². The molecule has 5 nitrogen and oxygen atoms in total. The van der Waals surface area contributed by atoms with Gasteiger partial charge in [0.2, 0.25) is 5.91 Å². The van der Waals surface area contributed by atoms with E-state index in [1.165, 1.54) is 0 Å². The zero-order chi connectivity index (χ0) is 20.3. The average Bonchev–Trinajstić information content (AvgIpc) is 3.03. The number of ether oxygens (including phenoxy) is 1. The summed E-state index contributed by atoms with van der Waals surface area (Å²) in [6.07, 6.45) is 0.118. The van der Waals surface area contributed by atoms with Crippen LogP contribution in [0, 0.1) is 13.8 Å². The van der Waals surface area contributed by atoms with Gasteiger partial charge in [-0.15, -0.1) is 0 Å². The Kier molecular flexibility index (Phi) is 5.92. The van der Waals surface area contributed by atoms with Crippen LogP contribution in [0.25, 0.3) is 11.0 Å². The Bertz CT molecular complexity index is 985. The van der Waals surface area contributed by atoms with E-state index in [4.69, 9.17) is 4.74 Å². The van der Waals surface area contributed by atoms with Crippen molar-refractivity contribution in [2.24, 2.45) is 0 Å². The number of carbonyl (C=O) groups excluding carboxylic acids is 1. The van der Waals surface area contributed by atoms with Gasteiger partial charge in [0.15, 0.2) is 0 Å². The monoisotopic (exact) mass is 387 g/mol. The molecule has 1 heterocycles. The Morgan fingerprint density at radius 3 is 2.68 bits per heavy atom. The molecule has 0 aliphatic heterocycles. The van der Waals surface area contributed by atoms with Crippen LogP contribution in [0.1, 0.15) is 42.9 Å². The van der Waals surface area contributed by atoms with Gasteiger partial charge in [0.25, 0.3) is 0 Å². The van der Waals surface area contributed by atoms with Crippen molar-refractivity contribution in [3.63, 3.8) is 0 Å². The van der Waals surface area contributed by atoms with Gasteiger partial charge in [0, 0.05) is 0 Å². The summed E-state index contributed by atoms with van der Waals surface area (Å²) in [6, 6.07) is 11.8.